The first-order valence-corrected chi connectivity index (χ1v) is 10.3. The molecule has 29 heavy (non-hydrogen) atoms. The van der Waals surface area contributed by atoms with Gasteiger partial charge in [0, 0.05) is 19.0 Å². The Morgan fingerprint density at radius 2 is 1.93 bits per heavy atom. The Morgan fingerprint density at radius 1 is 1.24 bits per heavy atom. The van der Waals surface area contributed by atoms with Crippen molar-refractivity contribution in [3.05, 3.63) is 35.4 Å². The molecule has 0 bridgehead atoms. The minimum Gasteiger partial charge on any atom is -0.481 e. The molecule has 154 valence electrons. The van der Waals surface area contributed by atoms with E-state index >= 15 is 0 Å². The van der Waals surface area contributed by atoms with Crippen LogP contribution in [0, 0.1) is 17.8 Å². The van der Waals surface area contributed by atoms with Crippen molar-refractivity contribution in [3.63, 3.8) is 0 Å². The van der Waals surface area contributed by atoms with Crippen molar-refractivity contribution < 1.29 is 24.2 Å². The van der Waals surface area contributed by atoms with Gasteiger partial charge in [-0.15, -0.1) is 0 Å². The van der Waals surface area contributed by atoms with Gasteiger partial charge in [-0.05, 0) is 55.6 Å². The van der Waals surface area contributed by atoms with E-state index in [0.29, 0.717) is 37.2 Å². The summed E-state index contributed by atoms with van der Waals surface area (Å²) in [7, 11) is 0. The molecule has 1 spiro atoms. The van der Waals surface area contributed by atoms with Gasteiger partial charge in [0.25, 0.3) is 0 Å². The number of fused-ring (bicyclic) bond motifs is 1. The van der Waals surface area contributed by atoms with Crippen molar-refractivity contribution >= 4 is 18.0 Å². The lowest BCUT2D eigenvalue weighted by Crippen LogP contribution is -2.58. The summed E-state index contributed by atoms with van der Waals surface area (Å²) in [4.78, 5) is 37.6. The van der Waals surface area contributed by atoms with Crippen molar-refractivity contribution in [2.45, 2.75) is 43.6 Å². The summed E-state index contributed by atoms with van der Waals surface area (Å²) in [6, 6.07) is 7.93. The van der Waals surface area contributed by atoms with E-state index < -0.39 is 11.4 Å². The van der Waals surface area contributed by atoms with Gasteiger partial charge in [0.1, 0.15) is 6.61 Å². The fourth-order valence-corrected chi connectivity index (χ4v) is 5.49. The molecule has 4 fully saturated rings. The van der Waals surface area contributed by atoms with E-state index in [2.05, 4.69) is 11.4 Å². The van der Waals surface area contributed by atoms with Crippen LogP contribution in [0.25, 0.3) is 0 Å². The SMILES string of the molecule is CC(C)(C(=O)O)c1cccc(C2[C@H]3CN(C(=O)C4CC5(COC(=O)N5)C4)C[C@@H]23)c1. The first-order valence-electron chi connectivity index (χ1n) is 10.3. The fourth-order valence-electron chi connectivity index (χ4n) is 5.49. The number of hydrogen-bond acceptors (Lipinski definition) is 4. The minimum atomic E-state index is -0.915. The summed E-state index contributed by atoms with van der Waals surface area (Å²) in [5.74, 6) is 0.691. The zero-order valence-electron chi connectivity index (χ0n) is 16.7. The topological polar surface area (TPSA) is 95.9 Å². The Kier molecular flexibility index (Phi) is 3.80. The zero-order chi connectivity index (χ0) is 20.6. The molecule has 0 aromatic heterocycles. The van der Waals surface area contributed by atoms with Gasteiger partial charge in [0.05, 0.1) is 11.0 Å². The largest absolute Gasteiger partial charge is 0.481 e. The van der Waals surface area contributed by atoms with Gasteiger partial charge in [-0.1, -0.05) is 24.3 Å². The fraction of sp³-hybridized carbons (Fsp3) is 0.591. The van der Waals surface area contributed by atoms with Crippen molar-refractivity contribution in [1.82, 2.24) is 10.2 Å². The Labute approximate surface area is 169 Å². The smallest absolute Gasteiger partial charge is 0.407 e. The minimum absolute atomic E-state index is 0.0207. The first kappa shape index (κ1) is 18.5. The van der Waals surface area contributed by atoms with Gasteiger partial charge < -0.3 is 20.1 Å². The van der Waals surface area contributed by atoms with Crippen molar-refractivity contribution in [2.24, 2.45) is 17.8 Å². The highest BCUT2D eigenvalue weighted by Crippen LogP contribution is 2.59. The maximum atomic E-state index is 12.8. The molecule has 2 aliphatic heterocycles. The standard InChI is InChI=1S/C22H26N2O5/c1-21(2,19(26)27)14-5-3-4-12(6-14)17-15-9-24(10-16(15)17)18(25)13-7-22(8-13)11-29-20(28)23-22/h3-6,13,15-17H,7-11H2,1-2H3,(H,23,28)(H,26,27)/t13?,15-,16+,17?,22?. The molecule has 2 saturated carbocycles. The summed E-state index contributed by atoms with van der Waals surface area (Å²) < 4.78 is 4.99. The molecule has 4 aliphatic rings. The number of piperidine rings is 1. The van der Waals surface area contributed by atoms with Crippen LogP contribution < -0.4 is 5.32 Å². The highest BCUT2D eigenvalue weighted by Gasteiger charge is 2.59. The molecule has 2 N–H and O–H groups in total. The van der Waals surface area contributed by atoms with Crippen LogP contribution in [-0.4, -0.2) is 53.2 Å². The Bertz CT molecular complexity index is 892. The van der Waals surface area contributed by atoms with Crippen LogP contribution in [0.5, 0.6) is 0 Å². The normalized spacial score (nSPS) is 35.0. The summed E-state index contributed by atoms with van der Waals surface area (Å²) >= 11 is 0. The number of cyclic esters (lactones) is 1. The van der Waals surface area contributed by atoms with E-state index in [0.717, 1.165) is 18.7 Å². The van der Waals surface area contributed by atoms with E-state index in [9.17, 15) is 19.5 Å². The van der Waals surface area contributed by atoms with Crippen LogP contribution in [0.1, 0.15) is 43.7 Å². The lowest BCUT2D eigenvalue weighted by atomic mass is 9.68. The molecule has 3 atom stereocenters. The number of carboxylic acid groups (broad SMARTS) is 1. The molecule has 1 aromatic rings. The van der Waals surface area contributed by atoms with Crippen LogP contribution in [0.4, 0.5) is 4.79 Å². The molecule has 2 amide bonds. The highest BCUT2D eigenvalue weighted by molar-refractivity contribution is 5.82. The van der Waals surface area contributed by atoms with Crippen LogP contribution in [0.15, 0.2) is 24.3 Å². The number of hydrogen-bond donors (Lipinski definition) is 2. The number of carbonyl (C=O) groups is 3. The summed E-state index contributed by atoms with van der Waals surface area (Å²) in [6.07, 6.45) is 0.952. The average Bonchev–Trinajstić information content (AvgIpc) is 2.99. The van der Waals surface area contributed by atoms with Crippen LogP contribution in [0.2, 0.25) is 0 Å². The Morgan fingerprint density at radius 3 is 2.52 bits per heavy atom. The summed E-state index contributed by atoms with van der Waals surface area (Å²) in [5, 5.41) is 12.3. The predicted molar refractivity (Wildman–Crippen MR) is 103 cm³/mol. The third-order valence-corrected chi connectivity index (χ3v) is 7.50. The predicted octanol–water partition coefficient (Wildman–Crippen LogP) is 2.11. The quantitative estimate of drug-likeness (QED) is 0.810. The molecule has 1 unspecified atom stereocenters. The van der Waals surface area contributed by atoms with Crippen LogP contribution in [-0.2, 0) is 19.7 Å². The van der Waals surface area contributed by atoms with Gasteiger partial charge in [0.2, 0.25) is 5.91 Å². The number of carbonyl (C=O) groups excluding carboxylic acids is 2. The van der Waals surface area contributed by atoms with Gasteiger partial charge in [0.15, 0.2) is 0 Å². The molecule has 7 heteroatoms. The third kappa shape index (κ3) is 2.81. The van der Waals surface area contributed by atoms with Crippen molar-refractivity contribution in [2.75, 3.05) is 19.7 Å². The number of aliphatic carboxylic acids is 1. The molecule has 0 radical (unpaired) electrons. The molecule has 7 nitrogen and oxygen atoms in total. The monoisotopic (exact) mass is 398 g/mol. The van der Waals surface area contributed by atoms with Gasteiger partial charge >= 0.3 is 12.1 Å². The lowest BCUT2D eigenvalue weighted by molar-refractivity contribution is -0.142. The van der Waals surface area contributed by atoms with E-state index in [-0.39, 0.29) is 23.5 Å². The summed E-state index contributed by atoms with van der Waals surface area (Å²) in [6.45, 7) is 5.36. The third-order valence-electron chi connectivity index (χ3n) is 7.50. The number of rotatable bonds is 4. The maximum absolute atomic E-state index is 12.8. The van der Waals surface area contributed by atoms with E-state index in [1.54, 1.807) is 13.8 Å². The van der Waals surface area contributed by atoms with Crippen molar-refractivity contribution in [1.29, 1.82) is 0 Å². The molecule has 2 heterocycles. The Hall–Kier alpha value is -2.57. The van der Waals surface area contributed by atoms with Gasteiger partial charge in [-0.2, -0.15) is 0 Å². The van der Waals surface area contributed by atoms with Gasteiger partial charge in [-0.3, -0.25) is 9.59 Å². The average molecular weight is 398 g/mol. The number of nitrogens with one attached hydrogen (secondary N) is 1. The second kappa shape index (κ2) is 5.97. The van der Waals surface area contributed by atoms with E-state index in [4.69, 9.17) is 4.74 Å². The second-order valence-electron chi connectivity index (χ2n) is 9.74. The number of ether oxygens (including phenoxy) is 1. The lowest BCUT2D eigenvalue weighted by Gasteiger charge is -2.43. The van der Waals surface area contributed by atoms with Gasteiger partial charge in [-0.25, -0.2) is 4.79 Å². The van der Waals surface area contributed by atoms with Crippen LogP contribution >= 0.6 is 0 Å². The molecular weight excluding hydrogens is 372 g/mol. The Balaban J connectivity index is 1.20. The highest BCUT2D eigenvalue weighted by atomic mass is 16.6. The van der Waals surface area contributed by atoms with Crippen molar-refractivity contribution in [3.8, 4) is 0 Å². The maximum Gasteiger partial charge on any atom is 0.407 e. The molecule has 2 aliphatic carbocycles. The number of benzene rings is 1. The second-order valence-corrected chi connectivity index (χ2v) is 9.74. The number of likely N-dealkylation sites (tertiary alicyclic amines) is 1. The van der Waals surface area contributed by atoms with E-state index in [1.807, 2.05) is 23.1 Å². The molecule has 2 saturated heterocycles. The number of carboxylic acids is 1. The number of nitrogens with zero attached hydrogens (tertiary/aromatic N) is 1. The molecule has 1 aromatic carbocycles. The van der Waals surface area contributed by atoms with Crippen LogP contribution in [0.3, 0.4) is 0 Å². The van der Waals surface area contributed by atoms with E-state index in [1.165, 1.54) is 5.56 Å². The zero-order valence-corrected chi connectivity index (χ0v) is 16.7. The number of amides is 2. The summed E-state index contributed by atoms with van der Waals surface area (Å²) in [5.41, 5.74) is 0.773. The number of alkyl carbamates (subject to hydrolysis) is 1. The molecular formula is C22H26N2O5. The molecule has 5 rings (SSSR count). The first-order chi connectivity index (χ1) is 13.7.